The summed E-state index contributed by atoms with van der Waals surface area (Å²) in [5, 5.41) is 10.1. The summed E-state index contributed by atoms with van der Waals surface area (Å²) in [4.78, 5) is 21.7. The molecule has 0 unspecified atom stereocenters. The smallest absolute Gasteiger partial charge is 0.414 e. The molecule has 1 amide bonds. The van der Waals surface area contributed by atoms with Gasteiger partial charge in [-0.3, -0.25) is 4.90 Å². The fraction of sp³-hybridized carbons (Fsp3) is 0.261. The van der Waals surface area contributed by atoms with E-state index in [0.29, 0.717) is 18.7 Å². The molecule has 2 aliphatic heterocycles. The molecule has 2 aromatic carbocycles. The third-order valence-corrected chi connectivity index (χ3v) is 6.58. The van der Waals surface area contributed by atoms with E-state index in [1.807, 2.05) is 36.5 Å². The predicted octanol–water partition coefficient (Wildman–Crippen LogP) is 4.12. The number of hydrogen-bond donors (Lipinski definition) is 0. The molecule has 1 aromatic heterocycles. The van der Waals surface area contributed by atoms with Crippen molar-refractivity contribution in [1.29, 1.82) is 5.26 Å². The first kappa shape index (κ1) is 18.6. The van der Waals surface area contributed by atoms with Crippen molar-refractivity contribution in [2.45, 2.75) is 19.4 Å². The summed E-state index contributed by atoms with van der Waals surface area (Å²) < 4.78 is 5.07. The minimum Gasteiger partial charge on any atom is -0.447 e. The molecule has 0 aliphatic carbocycles. The number of carbonyl (C=O) groups excluding carboxylic acids is 1. The quantitative estimate of drug-likeness (QED) is 0.640. The zero-order valence-corrected chi connectivity index (χ0v) is 17.2. The fourth-order valence-electron chi connectivity index (χ4n) is 3.98. The Morgan fingerprint density at radius 3 is 2.93 bits per heavy atom. The Bertz CT molecular complexity index is 1150. The molecule has 0 spiro atoms. The van der Waals surface area contributed by atoms with Gasteiger partial charge in [0.15, 0.2) is 5.13 Å². The molecule has 7 heteroatoms. The zero-order chi connectivity index (χ0) is 20.5. The van der Waals surface area contributed by atoms with Crippen LogP contribution >= 0.6 is 11.3 Å². The van der Waals surface area contributed by atoms with Crippen molar-refractivity contribution >= 4 is 28.2 Å². The number of anilines is 2. The highest BCUT2D eigenvalue weighted by molar-refractivity contribution is 7.15. The van der Waals surface area contributed by atoms with Gasteiger partial charge in [0.05, 0.1) is 18.2 Å². The molecule has 3 heterocycles. The highest BCUT2D eigenvalue weighted by Gasteiger charge is 2.26. The summed E-state index contributed by atoms with van der Waals surface area (Å²) in [6.07, 6.45) is 3.40. The summed E-state index contributed by atoms with van der Waals surface area (Å²) >= 11 is 1.70. The van der Waals surface area contributed by atoms with Crippen LogP contribution in [0.3, 0.4) is 0 Å². The SMILES string of the molecule is N#Cc1cccc(Cc2cnc(N3CCc4ccc(N5CCOC5=O)cc4C3)s2)c1. The largest absolute Gasteiger partial charge is 0.447 e. The van der Waals surface area contributed by atoms with E-state index >= 15 is 0 Å². The molecule has 150 valence electrons. The number of carbonyl (C=O) groups is 1. The number of fused-ring (bicyclic) bond motifs is 1. The minimum atomic E-state index is -0.271. The van der Waals surface area contributed by atoms with Gasteiger partial charge < -0.3 is 9.64 Å². The van der Waals surface area contributed by atoms with Crippen LogP contribution in [-0.2, 0) is 24.1 Å². The molecule has 30 heavy (non-hydrogen) atoms. The summed E-state index contributed by atoms with van der Waals surface area (Å²) in [6, 6.07) is 16.2. The standard InChI is InChI=1S/C23H20N4O2S/c24-13-17-3-1-2-16(10-17)11-21-14-25-22(30-21)26-7-6-18-4-5-20(12-19(18)15-26)27-8-9-29-23(27)28/h1-5,10,12,14H,6-9,11,15H2. The van der Waals surface area contributed by atoms with Gasteiger partial charge in [-0.25, -0.2) is 9.78 Å². The molecule has 0 atom stereocenters. The Balaban J connectivity index is 1.32. The van der Waals surface area contributed by atoms with Crippen molar-refractivity contribution in [3.63, 3.8) is 0 Å². The molecule has 5 rings (SSSR count). The van der Waals surface area contributed by atoms with Crippen molar-refractivity contribution < 1.29 is 9.53 Å². The molecule has 0 saturated carbocycles. The Kier molecular flexibility index (Phi) is 4.85. The third kappa shape index (κ3) is 3.62. The number of cyclic esters (lactones) is 1. The van der Waals surface area contributed by atoms with E-state index in [2.05, 4.69) is 28.1 Å². The second kappa shape index (κ2) is 7.81. The van der Waals surface area contributed by atoms with Crippen LogP contribution in [0.5, 0.6) is 0 Å². The number of benzene rings is 2. The Labute approximate surface area is 179 Å². The fourth-order valence-corrected chi connectivity index (χ4v) is 4.95. The van der Waals surface area contributed by atoms with Gasteiger partial charge in [-0.15, -0.1) is 11.3 Å². The number of rotatable bonds is 4. The topological polar surface area (TPSA) is 69.5 Å². The van der Waals surface area contributed by atoms with Gasteiger partial charge in [-0.05, 0) is 47.4 Å². The first-order chi connectivity index (χ1) is 14.7. The molecule has 6 nitrogen and oxygen atoms in total. The molecule has 0 radical (unpaired) electrons. The number of hydrogen-bond acceptors (Lipinski definition) is 6. The van der Waals surface area contributed by atoms with Gasteiger partial charge >= 0.3 is 6.09 Å². The molecule has 1 saturated heterocycles. The normalized spacial score (nSPS) is 15.6. The molecule has 2 aliphatic rings. The van der Waals surface area contributed by atoms with Crippen LogP contribution < -0.4 is 9.80 Å². The number of nitriles is 1. The van der Waals surface area contributed by atoms with Crippen LogP contribution in [0, 0.1) is 11.3 Å². The van der Waals surface area contributed by atoms with Gasteiger partial charge in [-0.1, -0.05) is 18.2 Å². The average Bonchev–Trinajstić information content (AvgIpc) is 3.42. The van der Waals surface area contributed by atoms with Gasteiger partial charge in [-0.2, -0.15) is 5.26 Å². The zero-order valence-electron chi connectivity index (χ0n) is 16.4. The minimum absolute atomic E-state index is 0.271. The van der Waals surface area contributed by atoms with Gasteiger partial charge in [0, 0.05) is 36.3 Å². The highest BCUT2D eigenvalue weighted by Crippen LogP contribution is 2.31. The van der Waals surface area contributed by atoms with Crippen molar-refractivity contribution in [3.8, 4) is 6.07 Å². The van der Waals surface area contributed by atoms with E-state index in [1.165, 1.54) is 16.0 Å². The number of nitrogens with zero attached hydrogens (tertiary/aromatic N) is 4. The number of ether oxygens (including phenoxy) is 1. The second-order valence-corrected chi connectivity index (χ2v) is 8.58. The lowest BCUT2D eigenvalue weighted by molar-refractivity contribution is 0.181. The van der Waals surface area contributed by atoms with E-state index in [0.717, 1.165) is 42.3 Å². The summed E-state index contributed by atoms with van der Waals surface area (Å²) in [6.45, 7) is 2.75. The van der Waals surface area contributed by atoms with Crippen LogP contribution in [0.25, 0.3) is 0 Å². The van der Waals surface area contributed by atoms with Crippen LogP contribution in [0.1, 0.15) is 27.1 Å². The Morgan fingerprint density at radius 1 is 1.17 bits per heavy atom. The molecule has 3 aromatic rings. The van der Waals surface area contributed by atoms with Crippen molar-refractivity contribution in [3.05, 3.63) is 75.8 Å². The number of aromatic nitrogens is 1. The second-order valence-electron chi connectivity index (χ2n) is 7.49. The Morgan fingerprint density at radius 2 is 2.10 bits per heavy atom. The molecular formula is C23H20N4O2S. The van der Waals surface area contributed by atoms with Gasteiger partial charge in [0.1, 0.15) is 6.61 Å². The number of thiazole rings is 1. The summed E-state index contributed by atoms with van der Waals surface area (Å²) in [5.41, 5.74) is 5.26. The number of amides is 1. The maximum absolute atomic E-state index is 11.9. The first-order valence-electron chi connectivity index (χ1n) is 9.94. The average molecular weight is 417 g/mol. The van der Waals surface area contributed by atoms with Crippen LogP contribution in [0.4, 0.5) is 15.6 Å². The van der Waals surface area contributed by atoms with Crippen molar-refractivity contribution in [1.82, 2.24) is 4.98 Å². The lowest BCUT2D eigenvalue weighted by Gasteiger charge is -2.29. The lowest BCUT2D eigenvalue weighted by Crippen LogP contribution is -2.31. The first-order valence-corrected chi connectivity index (χ1v) is 10.8. The summed E-state index contributed by atoms with van der Waals surface area (Å²) in [7, 11) is 0. The maximum Gasteiger partial charge on any atom is 0.414 e. The molecular weight excluding hydrogens is 396 g/mol. The molecule has 0 bridgehead atoms. The van der Waals surface area contributed by atoms with E-state index in [9.17, 15) is 4.79 Å². The van der Waals surface area contributed by atoms with E-state index < -0.39 is 0 Å². The highest BCUT2D eigenvalue weighted by atomic mass is 32.1. The van der Waals surface area contributed by atoms with Crippen molar-refractivity contribution in [2.75, 3.05) is 29.5 Å². The lowest BCUT2D eigenvalue weighted by atomic mass is 9.99. The van der Waals surface area contributed by atoms with E-state index in [1.54, 1.807) is 16.2 Å². The van der Waals surface area contributed by atoms with Gasteiger partial charge in [0.25, 0.3) is 0 Å². The van der Waals surface area contributed by atoms with Crippen LogP contribution in [0.2, 0.25) is 0 Å². The Hall–Kier alpha value is -3.37. The third-order valence-electron chi connectivity index (χ3n) is 5.52. The van der Waals surface area contributed by atoms with Gasteiger partial charge in [0.2, 0.25) is 0 Å². The predicted molar refractivity (Wildman–Crippen MR) is 116 cm³/mol. The molecule has 1 fully saturated rings. The van der Waals surface area contributed by atoms with E-state index in [-0.39, 0.29) is 6.09 Å². The van der Waals surface area contributed by atoms with Crippen LogP contribution in [0.15, 0.2) is 48.7 Å². The monoisotopic (exact) mass is 416 g/mol. The maximum atomic E-state index is 11.9. The van der Waals surface area contributed by atoms with E-state index in [4.69, 9.17) is 10.00 Å². The van der Waals surface area contributed by atoms with Crippen LogP contribution in [-0.4, -0.2) is 30.8 Å². The summed E-state index contributed by atoms with van der Waals surface area (Å²) in [5.74, 6) is 0. The molecule has 0 N–H and O–H groups in total. The van der Waals surface area contributed by atoms with Crippen molar-refractivity contribution in [2.24, 2.45) is 0 Å².